The lowest BCUT2D eigenvalue weighted by molar-refractivity contribution is -0.384. The predicted molar refractivity (Wildman–Crippen MR) is 81.9 cm³/mol. The van der Waals surface area contributed by atoms with Crippen LogP contribution in [0.4, 0.5) is 17.3 Å². The number of piperidine rings is 1. The van der Waals surface area contributed by atoms with Crippen LogP contribution in [0, 0.1) is 10.1 Å². The Morgan fingerprint density at radius 1 is 1.43 bits per heavy atom. The highest BCUT2D eigenvalue weighted by Crippen LogP contribution is 2.30. The smallest absolute Gasteiger partial charge is 0.311 e. The first kappa shape index (κ1) is 15.5. The maximum atomic E-state index is 11.2. The predicted octanol–water partition coefficient (Wildman–Crippen LogP) is 2.43. The molecule has 1 aliphatic heterocycles. The summed E-state index contributed by atoms with van der Waals surface area (Å²) in [6, 6.07) is 3.17. The van der Waals surface area contributed by atoms with Crippen LogP contribution in [-0.4, -0.2) is 42.3 Å². The van der Waals surface area contributed by atoms with Crippen LogP contribution >= 0.6 is 0 Å². The minimum atomic E-state index is -0.368. The van der Waals surface area contributed by atoms with Crippen LogP contribution in [0.15, 0.2) is 12.1 Å². The minimum Gasteiger partial charge on any atom is -0.378 e. The fourth-order valence-corrected chi connectivity index (χ4v) is 2.57. The van der Waals surface area contributed by atoms with Crippen molar-refractivity contribution in [2.45, 2.75) is 32.8 Å². The largest absolute Gasteiger partial charge is 0.378 e. The lowest BCUT2D eigenvalue weighted by atomic mass is 10.1. The third kappa shape index (κ3) is 3.81. The van der Waals surface area contributed by atoms with E-state index in [9.17, 15) is 10.1 Å². The van der Waals surface area contributed by atoms with Gasteiger partial charge in [-0.25, -0.2) is 4.98 Å². The number of pyridine rings is 1. The normalized spacial score (nSPS) is 16.0. The molecule has 1 N–H and O–H groups in total. The first-order valence-corrected chi connectivity index (χ1v) is 7.41. The zero-order chi connectivity index (χ0) is 15.2. The highest BCUT2D eigenvalue weighted by atomic mass is 16.6. The molecule has 7 heteroatoms. The lowest BCUT2D eigenvalue weighted by Crippen LogP contribution is -2.38. The van der Waals surface area contributed by atoms with Gasteiger partial charge in [0.1, 0.15) is 5.82 Å². The van der Waals surface area contributed by atoms with Crippen molar-refractivity contribution in [1.29, 1.82) is 0 Å². The number of nitrogens with one attached hydrogen (secondary N) is 1. The van der Waals surface area contributed by atoms with E-state index in [0.29, 0.717) is 18.2 Å². The van der Waals surface area contributed by atoms with Gasteiger partial charge in [-0.2, -0.15) is 0 Å². The van der Waals surface area contributed by atoms with Crippen molar-refractivity contribution in [3.63, 3.8) is 0 Å². The maximum Gasteiger partial charge on any atom is 0.311 e. The summed E-state index contributed by atoms with van der Waals surface area (Å²) in [4.78, 5) is 17.2. The van der Waals surface area contributed by atoms with Crippen molar-refractivity contribution >= 4 is 17.3 Å². The molecule has 0 spiro atoms. The summed E-state index contributed by atoms with van der Waals surface area (Å²) >= 11 is 0. The molecular formula is C14H22N4O3. The van der Waals surface area contributed by atoms with Crippen LogP contribution < -0.4 is 10.2 Å². The van der Waals surface area contributed by atoms with Gasteiger partial charge in [-0.15, -0.1) is 0 Å². The highest BCUT2D eigenvalue weighted by molar-refractivity contribution is 5.62. The zero-order valence-electron chi connectivity index (χ0n) is 12.5. The third-order valence-electron chi connectivity index (χ3n) is 3.55. The Bertz CT molecular complexity index is 487. The molecule has 0 bridgehead atoms. The SMILES string of the molecule is CCNc1ccc([N+](=O)[O-])c(N2CCC(OCC)CC2)n1. The molecule has 2 heterocycles. The van der Waals surface area contributed by atoms with Crippen molar-refractivity contribution in [3.8, 4) is 0 Å². The van der Waals surface area contributed by atoms with Crippen molar-refractivity contribution in [3.05, 3.63) is 22.2 Å². The Morgan fingerprint density at radius 3 is 2.71 bits per heavy atom. The molecule has 0 radical (unpaired) electrons. The standard InChI is InChI=1S/C14H22N4O3/c1-3-15-13-6-5-12(18(19)20)14(16-13)17-9-7-11(8-10-17)21-4-2/h5-6,11H,3-4,7-10H2,1-2H3,(H,15,16). The topological polar surface area (TPSA) is 80.5 Å². The Morgan fingerprint density at radius 2 is 2.14 bits per heavy atom. The second-order valence-corrected chi connectivity index (χ2v) is 4.97. The Kier molecular flexibility index (Phi) is 5.32. The average Bonchev–Trinajstić information content (AvgIpc) is 2.48. The number of rotatable bonds is 6. The van der Waals surface area contributed by atoms with Gasteiger partial charge < -0.3 is 15.0 Å². The summed E-state index contributed by atoms with van der Waals surface area (Å²) in [5.74, 6) is 1.12. The quantitative estimate of drug-likeness (QED) is 0.641. The van der Waals surface area contributed by atoms with Gasteiger partial charge in [-0.05, 0) is 32.8 Å². The fraction of sp³-hybridized carbons (Fsp3) is 0.643. The van der Waals surface area contributed by atoms with Crippen LogP contribution in [0.5, 0.6) is 0 Å². The average molecular weight is 294 g/mol. The third-order valence-corrected chi connectivity index (χ3v) is 3.55. The molecular weight excluding hydrogens is 272 g/mol. The van der Waals surface area contributed by atoms with Crippen molar-refractivity contribution in [1.82, 2.24) is 4.98 Å². The van der Waals surface area contributed by atoms with Crippen LogP contribution in [0.1, 0.15) is 26.7 Å². The summed E-state index contributed by atoms with van der Waals surface area (Å²) in [7, 11) is 0. The molecule has 1 aromatic heterocycles. The van der Waals surface area contributed by atoms with Gasteiger partial charge in [-0.1, -0.05) is 0 Å². The van der Waals surface area contributed by atoms with Crippen LogP contribution in [0.2, 0.25) is 0 Å². The molecule has 1 saturated heterocycles. The van der Waals surface area contributed by atoms with Crippen molar-refractivity contribution < 1.29 is 9.66 Å². The van der Waals surface area contributed by atoms with E-state index < -0.39 is 0 Å². The zero-order valence-corrected chi connectivity index (χ0v) is 12.5. The molecule has 0 aliphatic carbocycles. The minimum absolute atomic E-state index is 0.0616. The molecule has 0 amide bonds. The second kappa shape index (κ2) is 7.21. The summed E-state index contributed by atoms with van der Waals surface area (Å²) in [6.07, 6.45) is 2.00. The van der Waals surface area contributed by atoms with E-state index >= 15 is 0 Å². The van der Waals surface area contributed by atoms with E-state index in [0.717, 1.165) is 32.5 Å². The van der Waals surface area contributed by atoms with Crippen LogP contribution in [0.25, 0.3) is 0 Å². The summed E-state index contributed by atoms with van der Waals surface area (Å²) in [6.45, 7) is 6.85. The molecule has 21 heavy (non-hydrogen) atoms. The van der Waals surface area contributed by atoms with Gasteiger partial charge in [0.05, 0.1) is 11.0 Å². The second-order valence-electron chi connectivity index (χ2n) is 4.97. The Balaban J connectivity index is 2.17. The molecule has 1 fully saturated rings. The van der Waals surface area contributed by atoms with Gasteiger partial charge >= 0.3 is 5.69 Å². The first-order valence-electron chi connectivity index (χ1n) is 7.41. The number of ether oxygens (including phenoxy) is 1. The molecule has 116 valence electrons. The molecule has 0 unspecified atom stereocenters. The van der Waals surface area contributed by atoms with Crippen molar-refractivity contribution in [2.24, 2.45) is 0 Å². The number of nitrogens with zero attached hydrogens (tertiary/aromatic N) is 3. The fourth-order valence-electron chi connectivity index (χ4n) is 2.57. The monoisotopic (exact) mass is 294 g/mol. The summed E-state index contributed by atoms with van der Waals surface area (Å²) in [5.41, 5.74) is 0.0616. The van der Waals surface area contributed by atoms with E-state index in [4.69, 9.17) is 4.74 Å². The number of nitro groups is 1. The van der Waals surface area contributed by atoms with Crippen LogP contribution in [0.3, 0.4) is 0 Å². The summed E-state index contributed by atoms with van der Waals surface area (Å²) < 4.78 is 5.61. The first-order chi connectivity index (χ1) is 10.2. The van der Waals surface area contributed by atoms with Crippen molar-refractivity contribution in [2.75, 3.05) is 36.5 Å². The molecule has 0 atom stereocenters. The van der Waals surface area contributed by atoms with E-state index in [-0.39, 0.29) is 16.7 Å². The molecule has 2 rings (SSSR count). The Hall–Kier alpha value is -1.89. The van der Waals surface area contributed by atoms with Gasteiger partial charge in [0.2, 0.25) is 5.82 Å². The highest BCUT2D eigenvalue weighted by Gasteiger charge is 2.26. The number of anilines is 2. The van der Waals surface area contributed by atoms with Gasteiger partial charge in [0.15, 0.2) is 0 Å². The van der Waals surface area contributed by atoms with Crippen LogP contribution in [-0.2, 0) is 4.74 Å². The molecule has 7 nitrogen and oxygen atoms in total. The van der Waals surface area contributed by atoms with E-state index in [1.54, 1.807) is 6.07 Å². The number of hydrogen-bond donors (Lipinski definition) is 1. The van der Waals surface area contributed by atoms with Gasteiger partial charge in [0.25, 0.3) is 0 Å². The van der Waals surface area contributed by atoms with E-state index in [1.165, 1.54) is 6.07 Å². The van der Waals surface area contributed by atoms with E-state index in [1.807, 2.05) is 18.7 Å². The molecule has 1 aromatic rings. The van der Waals surface area contributed by atoms with Gasteiger partial charge in [-0.3, -0.25) is 10.1 Å². The summed E-state index contributed by atoms with van der Waals surface area (Å²) in [5, 5.41) is 14.3. The molecule has 1 aliphatic rings. The number of aromatic nitrogens is 1. The van der Waals surface area contributed by atoms with Gasteiger partial charge in [0, 0.05) is 32.3 Å². The molecule has 0 aromatic carbocycles. The lowest BCUT2D eigenvalue weighted by Gasteiger charge is -2.32. The number of hydrogen-bond acceptors (Lipinski definition) is 6. The Labute approximate surface area is 124 Å². The van der Waals surface area contributed by atoms with E-state index in [2.05, 4.69) is 10.3 Å². The molecule has 0 saturated carbocycles. The maximum absolute atomic E-state index is 11.2.